The summed E-state index contributed by atoms with van der Waals surface area (Å²) in [6.45, 7) is 7.17. The lowest BCUT2D eigenvalue weighted by molar-refractivity contribution is -0.133. The van der Waals surface area contributed by atoms with E-state index in [2.05, 4.69) is 42.8 Å². The molecule has 0 aromatic heterocycles. The van der Waals surface area contributed by atoms with Crippen LogP contribution in [0.25, 0.3) is 0 Å². The summed E-state index contributed by atoms with van der Waals surface area (Å²) >= 11 is 0. The summed E-state index contributed by atoms with van der Waals surface area (Å²) in [6, 6.07) is 8.17. The first kappa shape index (κ1) is 19.0. The third kappa shape index (κ3) is 6.72. The number of esters is 1. The van der Waals surface area contributed by atoms with Crippen molar-refractivity contribution in [1.29, 1.82) is 0 Å². The minimum absolute atomic E-state index is 0.0613. The SMILES string of the molecule is COC(=O)C(CCCCCOc1ccc(C(C)(C)C)cc1)=NO. The van der Waals surface area contributed by atoms with Gasteiger partial charge in [-0.1, -0.05) is 38.1 Å². The second-order valence-electron chi connectivity index (χ2n) is 6.47. The zero-order valence-electron chi connectivity index (χ0n) is 14.5. The van der Waals surface area contributed by atoms with Gasteiger partial charge in [-0.2, -0.15) is 0 Å². The quantitative estimate of drug-likeness (QED) is 0.259. The van der Waals surface area contributed by atoms with Crippen LogP contribution in [0, 0.1) is 0 Å². The van der Waals surface area contributed by atoms with Crippen molar-refractivity contribution in [3.05, 3.63) is 29.8 Å². The van der Waals surface area contributed by atoms with E-state index in [0.29, 0.717) is 13.0 Å². The van der Waals surface area contributed by atoms with Gasteiger partial charge >= 0.3 is 5.97 Å². The molecule has 0 aliphatic rings. The predicted molar refractivity (Wildman–Crippen MR) is 90.3 cm³/mol. The minimum atomic E-state index is -0.581. The number of oxime groups is 1. The summed E-state index contributed by atoms with van der Waals surface area (Å²) < 4.78 is 10.2. The van der Waals surface area contributed by atoms with Crippen LogP contribution in [-0.2, 0) is 14.9 Å². The molecule has 1 aromatic carbocycles. The number of nitrogens with zero attached hydrogens (tertiary/aromatic N) is 1. The fraction of sp³-hybridized carbons (Fsp3) is 0.556. The van der Waals surface area contributed by atoms with Crippen LogP contribution in [-0.4, -0.2) is 30.6 Å². The molecule has 5 heteroatoms. The van der Waals surface area contributed by atoms with Crippen LogP contribution < -0.4 is 4.74 Å². The Morgan fingerprint density at radius 3 is 2.30 bits per heavy atom. The molecule has 0 amide bonds. The Labute approximate surface area is 138 Å². The lowest BCUT2D eigenvalue weighted by Crippen LogP contribution is -2.15. The van der Waals surface area contributed by atoms with Gasteiger partial charge in [0.25, 0.3) is 0 Å². The predicted octanol–water partition coefficient (Wildman–Crippen LogP) is 3.93. The van der Waals surface area contributed by atoms with E-state index in [0.717, 1.165) is 25.0 Å². The molecule has 0 bridgehead atoms. The molecule has 1 N–H and O–H groups in total. The Bertz CT molecular complexity index is 515. The topological polar surface area (TPSA) is 68.1 Å². The normalized spacial score (nSPS) is 12.1. The van der Waals surface area contributed by atoms with Gasteiger partial charge in [0.2, 0.25) is 0 Å². The highest BCUT2D eigenvalue weighted by Crippen LogP contribution is 2.24. The van der Waals surface area contributed by atoms with Crippen molar-refractivity contribution in [1.82, 2.24) is 0 Å². The van der Waals surface area contributed by atoms with Crippen molar-refractivity contribution >= 4 is 11.7 Å². The van der Waals surface area contributed by atoms with Gasteiger partial charge < -0.3 is 14.7 Å². The third-order valence-electron chi connectivity index (χ3n) is 3.59. The number of carbonyl (C=O) groups is 1. The van der Waals surface area contributed by atoms with Crippen molar-refractivity contribution in [2.45, 2.75) is 51.9 Å². The Kier molecular flexibility index (Phi) is 7.59. The van der Waals surface area contributed by atoms with Crippen molar-refractivity contribution in [2.24, 2.45) is 5.16 Å². The van der Waals surface area contributed by atoms with Crippen LogP contribution in [0.4, 0.5) is 0 Å². The largest absolute Gasteiger partial charge is 0.494 e. The molecule has 23 heavy (non-hydrogen) atoms. The van der Waals surface area contributed by atoms with E-state index < -0.39 is 5.97 Å². The number of benzene rings is 1. The van der Waals surface area contributed by atoms with Gasteiger partial charge in [-0.15, -0.1) is 0 Å². The molecule has 0 aliphatic carbocycles. The average Bonchev–Trinajstić information content (AvgIpc) is 2.53. The molecule has 0 heterocycles. The molecular weight excluding hydrogens is 294 g/mol. The van der Waals surface area contributed by atoms with E-state index in [-0.39, 0.29) is 11.1 Å². The van der Waals surface area contributed by atoms with Gasteiger partial charge in [0, 0.05) is 6.42 Å². The highest BCUT2D eigenvalue weighted by atomic mass is 16.5. The van der Waals surface area contributed by atoms with Crippen LogP contribution in [0.5, 0.6) is 5.75 Å². The van der Waals surface area contributed by atoms with Crippen LogP contribution in [0.1, 0.15) is 52.0 Å². The van der Waals surface area contributed by atoms with E-state index in [1.165, 1.54) is 12.7 Å². The van der Waals surface area contributed by atoms with Crippen LogP contribution in [0.15, 0.2) is 29.4 Å². The molecule has 1 rings (SSSR count). The maximum atomic E-state index is 11.2. The van der Waals surface area contributed by atoms with Crippen molar-refractivity contribution in [3.8, 4) is 5.75 Å². The summed E-state index contributed by atoms with van der Waals surface area (Å²) in [5.74, 6) is 0.285. The maximum absolute atomic E-state index is 11.2. The second-order valence-corrected chi connectivity index (χ2v) is 6.47. The number of ether oxygens (including phenoxy) is 2. The standard InChI is InChI=1S/C18H27NO4/c1-18(2,3)14-9-11-15(12-10-14)23-13-7-5-6-8-16(19-21)17(20)22-4/h9-12,21H,5-8,13H2,1-4H3. The second kappa shape index (κ2) is 9.18. The van der Waals surface area contributed by atoms with Crippen molar-refractivity contribution in [2.75, 3.05) is 13.7 Å². The number of rotatable bonds is 8. The zero-order valence-corrected chi connectivity index (χ0v) is 14.5. The summed E-state index contributed by atoms with van der Waals surface area (Å²) in [5.41, 5.74) is 1.49. The molecule has 5 nitrogen and oxygen atoms in total. The average molecular weight is 321 g/mol. The summed E-state index contributed by atoms with van der Waals surface area (Å²) in [6.07, 6.45) is 2.92. The summed E-state index contributed by atoms with van der Waals surface area (Å²) in [5, 5.41) is 11.7. The van der Waals surface area contributed by atoms with E-state index in [4.69, 9.17) is 9.94 Å². The molecular formula is C18H27NO4. The fourth-order valence-electron chi connectivity index (χ4n) is 2.12. The van der Waals surface area contributed by atoms with E-state index in [1.807, 2.05) is 12.1 Å². The van der Waals surface area contributed by atoms with E-state index in [9.17, 15) is 4.79 Å². The van der Waals surface area contributed by atoms with Crippen LogP contribution in [0.2, 0.25) is 0 Å². The smallest absolute Gasteiger partial charge is 0.355 e. The molecule has 0 atom stereocenters. The molecule has 1 aromatic rings. The zero-order chi connectivity index (χ0) is 17.3. The minimum Gasteiger partial charge on any atom is -0.494 e. The highest BCUT2D eigenvalue weighted by molar-refractivity contribution is 6.36. The molecule has 0 spiro atoms. The maximum Gasteiger partial charge on any atom is 0.355 e. The molecule has 0 aliphatic heterocycles. The molecule has 0 saturated carbocycles. The fourth-order valence-corrected chi connectivity index (χ4v) is 2.12. The van der Waals surface area contributed by atoms with Crippen LogP contribution >= 0.6 is 0 Å². The van der Waals surface area contributed by atoms with Gasteiger partial charge in [-0.25, -0.2) is 4.79 Å². The van der Waals surface area contributed by atoms with Crippen molar-refractivity contribution in [3.63, 3.8) is 0 Å². The number of methoxy groups -OCH3 is 1. The van der Waals surface area contributed by atoms with E-state index >= 15 is 0 Å². The highest BCUT2D eigenvalue weighted by Gasteiger charge is 2.13. The first-order valence-electron chi connectivity index (χ1n) is 7.91. The molecule has 0 radical (unpaired) electrons. The summed E-state index contributed by atoms with van der Waals surface area (Å²) in [4.78, 5) is 11.2. The Balaban J connectivity index is 2.24. The molecule has 0 unspecified atom stereocenters. The summed E-state index contributed by atoms with van der Waals surface area (Å²) in [7, 11) is 1.27. The first-order chi connectivity index (χ1) is 10.9. The number of hydrogen-bond donors (Lipinski definition) is 1. The lowest BCUT2D eigenvalue weighted by atomic mass is 9.87. The van der Waals surface area contributed by atoms with Gasteiger partial charge in [0.15, 0.2) is 5.71 Å². The Morgan fingerprint density at radius 2 is 1.78 bits per heavy atom. The van der Waals surface area contributed by atoms with Crippen LogP contribution in [0.3, 0.4) is 0 Å². The Morgan fingerprint density at radius 1 is 1.13 bits per heavy atom. The Hall–Kier alpha value is -2.04. The van der Waals surface area contributed by atoms with Gasteiger partial charge in [-0.05, 0) is 42.4 Å². The monoisotopic (exact) mass is 321 g/mol. The molecule has 0 saturated heterocycles. The molecule has 128 valence electrons. The lowest BCUT2D eigenvalue weighted by Gasteiger charge is -2.19. The van der Waals surface area contributed by atoms with Gasteiger partial charge in [0.1, 0.15) is 5.75 Å². The third-order valence-corrected chi connectivity index (χ3v) is 3.59. The van der Waals surface area contributed by atoms with E-state index in [1.54, 1.807) is 0 Å². The first-order valence-corrected chi connectivity index (χ1v) is 7.91. The van der Waals surface area contributed by atoms with Gasteiger partial charge in [0.05, 0.1) is 13.7 Å². The van der Waals surface area contributed by atoms with Gasteiger partial charge in [-0.3, -0.25) is 0 Å². The molecule has 0 fully saturated rings. The number of hydrogen-bond acceptors (Lipinski definition) is 5. The van der Waals surface area contributed by atoms with Crippen molar-refractivity contribution < 1.29 is 19.5 Å². The number of carbonyl (C=O) groups excluding carboxylic acids is 1. The number of unbranched alkanes of at least 4 members (excludes halogenated alkanes) is 2.